The van der Waals surface area contributed by atoms with Gasteiger partial charge in [0, 0.05) is 11.8 Å². The van der Waals surface area contributed by atoms with Gasteiger partial charge in [0.2, 0.25) is 0 Å². The van der Waals surface area contributed by atoms with E-state index in [0.717, 1.165) is 11.4 Å². The Kier molecular flexibility index (Phi) is 10.0. The summed E-state index contributed by atoms with van der Waals surface area (Å²) in [4.78, 5) is 7.59. The highest BCUT2D eigenvalue weighted by Gasteiger charge is 2.36. The summed E-state index contributed by atoms with van der Waals surface area (Å²) in [6, 6.07) is 82.0. The highest BCUT2D eigenvalue weighted by molar-refractivity contribution is 7.81. The fourth-order valence-electron chi connectivity index (χ4n) is 7.98. The molecule has 0 saturated carbocycles. The smallest absolute Gasteiger partial charge is 0.154 e. The Morgan fingerprint density at radius 2 is 0.776 bits per heavy atom. The van der Waals surface area contributed by atoms with Crippen molar-refractivity contribution in [3.63, 3.8) is 0 Å². The first-order valence-electron chi connectivity index (χ1n) is 19.7. The van der Waals surface area contributed by atoms with Crippen LogP contribution in [0.1, 0.15) is 22.9 Å². The van der Waals surface area contributed by atoms with Crippen LogP contribution in [0.5, 0.6) is 0 Å². The summed E-state index contributed by atoms with van der Waals surface area (Å²) < 4.78 is 0. The van der Waals surface area contributed by atoms with E-state index in [4.69, 9.17) is 4.99 Å². The van der Waals surface area contributed by atoms with Crippen LogP contribution in [-0.4, -0.2) is 10.7 Å². The molecule has 0 amide bonds. The van der Waals surface area contributed by atoms with Crippen molar-refractivity contribution < 1.29 is 0 Å². The van der Waals surface area contributed by atoms with Crippen LogP contribution in [0.15, 0.2) is 242 Å². The number of fused-ring (bicyclic) bond motifs is 1. The van der Waals surface area contributed by atoms with E-state index in [1.165, 1.54) is 65.2 Å². The molecule has 1 unspecified atom stereocenters. The molecule has 4 heteroatoms. The molecule has 8 aromatic rings. The Labute approximate surface area is 343 Å². The lowest BCUT2D eigenvalue weighted by Crippen LogP contribution is -2.41. The fourth-order valence-corrected chi connectivity index (χ4v) is 12.8. The largest absolute Gasteiger partial charge is 0.305 e. The van der Waals surface area contributed by atoms with E-state index >= 15 is 0 Å². The minimum absolute atomic E-state index is 0.0925. The van der Waals surface area contributed by atoms with E-state index in [1.807, 2.05) is 0 Å². The Balaban J connectivity index is 1.08. The predicted molar refractivity (Wildman–Crippen MR) is 250 cm³/mol. The first-order chi connectivity index (χ1) is 28.8. The normalized spacial score (nSPS) is 14.6. The Hall–Kier alpha value is -6.43. The van der Waals surface area contributed by atoms with Gasteiger partial charge in [-0.3, -0.25) is 0 Å². The van der Waals surface area contributed by atoms with Crippen LogP contribution in [0.2, 0.25) is 0 Å². The van der Waals surface area contributed by atoms with Gasteiger partial charge in [-0.1, -0.05) is 206 Å². The summed E-state index contributed by atoms with van der Waals surface area (Å²) in [5.74, 6) is 1.02. The second-order valence-electron chi connectivity index (χ2n) is 14.5. The summed E-state index contributed by atoms with van der Waals surface area (Å²) >= 11 is 0. The molecular weight excluding hydrogens is 739 g/mol. The Morgan fingerprint density at radius 1 is 0.362 bits per heavy atom. The molecule has 2 aliphatic rings. The lowest BCUT2D eigenvalue weighted by Gasteiger charge is -2.41. The fraction of sp³-hybridized carbons (Fsp3) is 0.0185. The molecule has 0 N–H and O–H groups in total. The van der Waals surface area contributed by atoms with Gasteiger partial charge in [-0.25, -0.2) is 4.99 Å². The van der Waals surface area contributed by atoms with Crippen LogP contribution in [-0.2, 0) is 0 Å². The number of allylic oxidation sites excluding steroid dienone is 2. The Morgan fingerprint density at radius 3 is 1.22 bits per heavy atom. The molecule has 276 valence electrons. The number of hydrogen-bond donors (Lipinski definition) is 0. The zero-order chi connectivity index (χ0) is 38.7. The first kappa shape index (κ1) is 35.9. The van der Waals surface area contributed by atoms with Crippen molar-refractivity contribution >= 4 is 64.7 Å². The van der Waals surface area contributed by atoms with Gasteiger partial charge in [0.05, 0.1) is 0 Å². The number of benzene rings is 8. The summed E-state index contributed by atoms with van der Waals surface area (Å²) in [6.45, 7) is 0. The Bertz CT molecular complexity index is 2570. The summed E-state index contributed by atoms with van der Waals surface area (Å²) in [5, 5.41) is 8.08. The van der Waals surface area contributed by atoms with Crippen molar-refractivity contribution in [1.82, 2.24) is 4.90 Å². The van der Waals surface area contributed by atoms with Crippen LogP contribution in [0.4, 0.5) is 0 Å². The molecule has 0 fully saturated rings. The van der Waals surface area contributed by atoms with Gasteiger partial charge in [-0.15, -0.1) is 0 Å². The molecule has 2 nitrogen and oxygen atoms in total. The van der Waals surface area contributed by atoms with Crippen LogP contribution in [0.3, 0.4) is 0 Å². The lowest BCUT2D eigenvalue weighted by atomic mass is 9.92. The van der Waals surface area contributed by atoms with Crippen molar-refractivity contribution in [1.29, 1.82) is 0 Å². The van der Waals surface area contributed by atoms with Crippen molar-refractivity contribution in [3.8, 4) is 11.1 Å². The number of aliphatic imine (C=N–C) groups is 1. The molecular formula is C54H40N2P2. The van der Waals surface area contributed by atoms with Gasteiger partial charge in [0.15, 0.2) is 6.17 Å². The van der Waals surface area contributed by atoms with Gasteiger partial charge < -0.3 is 4.90 Å². The average Bonchev–Trinajstić information content (AvgIpc) is 3.29. The van der Waals surface area contributed by atoms with E-state index in [0.29, 0.717) is 0 Å². The topological polar surface area (TPSA) is 15.6 Å². The van der Waals surface area contributed by atoms with Crippen molar-refractivity contribution in [2.24, 2.45) is 4.99 Å². The molecule has 8 aromatic carbocycles. The second-order valence-corrected chi connectivity index (χ2v) is 18.9. The van der Waals surface area contributed by atoms with E-state index in [2.05, 4.69) is 242 Å². The van der Waals surface area contributed by atoms with Gasteiger partial charge in [0.1, 0.15) is 5.84 Å². The highest BCUT2D eigenvalue weighted by atomic mass is 31.1. The molecule has 0 radical (unpaired) electrons. The van der Waals surface area contributed by atoms with E-state index < -0.39 is 15.8 Å². The minimum Gasteiger partial charge on any atom is -0.305 e. The van der Waals surface area contributed by atoms with Gasteiger partial charge in [-0.05, 0) is 105 Å². The van der Waals surface area contributed by atoms with Crippen LogP contribution >= 0.6 is 15.8 Å². The van der Waals surface area contributed by atoms with Gasteiger partial charge in [-0.2, -0.15) is 0 Å². The molecule has 0 aliphatic carbocycles. The third-order valence-corrected chi connectivity index (χ3v) is 15.6. The number of nitrogens with zero attached hydrogens (tertiary/aromatic N) is 2. The molecule has 10 rings (SSSR count). The maximum atomic E-state index is 5.25. The van der Waals surface area contributed by atoms with Crippen molar-refractivity contribution in [2.75, 3.05) is 0 Å². The van der Waals surface area contributed by atoms with Crippen molar-refractivity contribution in [2.45, 2.75) is 6.17 Å². The second kappa shape index (κ2) is 16.2. The number of rotatable bonds is 10. The predicted octanol–water partition coefficient (Wildman–Crippen LogP) is 10.7. The lowest BCUT2D eigenvalue weighted by molar-refractivity contribution is 0.370. The third-order valence-electron chi connectivity index (χ3n) is 10.8. The molecule has 2 aliphatic heterocycles. The zero-order valence-electron chi connectivity index (χ0n) is 31.9. The highest BCUT2D eigenvalue weighted by Crippen LogP contribution is 2.43. The molecule has 0 saturated heterocycles. The van der Waals surface area contributed by atoms with E-state index in [1.54, 1.807) is 0 Å². The molecule has 0 spiro atoms. The standard InChI is InChI=1S/C54H40N2P2/c1-7-19-40(20-8-1)45-37-52(42-21-9-2-10-22-42)54-55-53(56(54)39-45)43-33-31-41(32-34-43)44-35-50(57(46-23-11-3-12-24-46)47-25-13-4-14-26-47)38-51(36-44)58(48-27-15-5-16-28-48)49-29-17-6-18-30-49/h1-39,53H. The summed E-state index contributed by atoms with van der Waals surface area (Å²) in [5.41, 5.74) is 8.32. The molecule has 2 heterocycles. The van der Waals surface area contributed by atoms with Crippen LogP contribution in [0, 0.1) is 0 Å². The van der Waals surface area contributed by atoms with E-state index in [9.17, 15) is 0 Å². The molecule has 1 atom stereocenters. The quantitative estimate of drug-likeness (QED) is 0.126. The van der Waals surface area contributed by atoms with Crippen molar-refractivity contribution in [3.05, 3.63) is 253 Å². The summed E-state index contributed by atoms with van der Waals surface area (Å²) in [6.07, 6.45) is 4.46. The summed E-state index contributed by atoms with van der Waals surface area (Å²) in [7, 11) is -1.65. The first-order valence-corrected chi connectivity index (χ1v) is 22.4. The van der Waals surface area contributed by atoms with Crippen LogP contribution < -0.4 is 31.8 Å². The number of amidine groups is 1. The maximum absolute atomic E-state index is 5.25. The van der Waals surface area contributed by atoms with Crippen LogP contribution in [0.25, 0.3) is 22.3 Å². The SMILES string of the molecule is C1=C(c2ccccc2)C=C(c2ccccc2)C2=NC(c3ccc(-c4cc(P(c5ccccc5)c5ccccc5)cc(P(c5ccccc5)c5ccccc5)c4)cc3)N12. The number of hydrogen-bond acceptors (Lipinski definition) is 2. The average molecular weight is 779 g/mol. The molecule has 0 bridgehead atoms. The minimum atomic E-state index is -0.823. The monoisotopic (exact) mass is 778 g/mol. The van der Waals surface area contributed by atoms with Gasteiger partial charge in [0.25, 0.3) is 0 Å². The molecule has 0 aromatic heterocycles. The maximum Gasteiger partial charge on any atom is 0.154 e. The van der Waals surface area contributed by atoms with E-state index in [-0.39, 0.29) is 6.17 Å². The molecule has 58 heavy (non-hydrogen) atoms. The zero-order valence-corrected chi connectivity index (χ0v) is 33.7. The van der Waals surface area contributed by atoms with Gasteiger partial charge >= 0.3 is 0 Å². The third kappa shape index (κ3) is 7.19.